The summed E-state index contributed by atoms with van der Waals surface area (Å²) in [7, 11) is 0. The molecule has 13 heavy (non-hydrogen) atoms. The van der Waals surface area contributed by atoms with Crippen molar-refractivity contribution in [1.82, 2.24) is 0 Å². The van der Waals surface area contributed by atoms with Crippen LogP contribution in [0.3, 0.4) is 0 Å². The Hall–Kier alpha value is -0.0400. The largest absolute Gasteiger partial charge is 0.327 e. The lowest BCUT2D eigenvalue weighted by atomic mass is 10.00. The minimum Gasteiger partial charge on any atom is -0.327 e. The molecule has 1 unspecified atom stereocenters. The Kier molecular flexibility index (Phi) is 2.78. The van der Waals surface area contributed by atoms with Crippen LogP contribution in [0.2, 0.25) is 0 Å². The van der Waals surface area contributed by atoms with Crippen LogP contribution < -0.4 is 5.73 Å². The van der Waals surface area contributed by atoms with Crippen molar-refractivity contribution in [2.75, 3.05) is 0 Å². The van der Waals surface area contributed by atoms with Gasteiger partial charge in [0, 0.05) is 6.04 Å². The Morgan fingerprint density at radius 3 is 1.92 bits per heavy atom. The topological polar surface area (TPSA) is 26.0 Å². The van der Waals surface area contributed by atoms with Gasteiger partial charge >= 0.3 is 0 Å². The van der Waals surface area contributed by atoms with E-state index < -0.39 is 0 Å². The lowest BCUT2D eigenvalue weighted by Crippen LogP contribution is -2.25. The number of nitrogens with two attached hydrogens (primary N) is 1. The van der Waals surface area contributed by atoms with Gasteiger partial charge in [-0.2, -0.15) is 0 Å². The monoisotopic (exact) mass is 183 g/mol. The van der Waals surface area contributed by atoms with Crippen LogP contribution in [-0.4, -0.2) is 6.04 Å². The molecule has 0 aliphatic heterocycles. The maximum Gasteiger partial charge on any atom is 0.00777 e. The van der Waals surface area contributed by atoms with Gasteiger partial charge in [-0.15, -0.1) is 0 Å². The summed E-state index contributed by atoms with van der Waals surface area (Å²) in [5.41, 5.74) is 7.13. The zero-order chi connectivity index (χ0) is 10.3. The predicted octanol–water partition coefficient (Wildman–Crippen LogP) is 3.19. The molecule has 78 valence electrons. The number of hydrogen-bond donors (Lipinski definition) is 1. The third-order valence-electron chi connectivity index (χ3n) is 4.45. The summed E-state index contributed by atoms with van der Waals surface area (Å²) in [4.78, 5) is 0. The van der Waals surface area contributed by atoms with Crippen molar-refractivity contribution in [2.45, 2.75) is 59.9 Å². The summed E-state index contributed by atoms with van der Waals surface area (Å²) in [5, 5.41) is 0. The van der Waals surface area contributed by atoms with Crippen LogP contribution >= 0.6 is 0 Å². The molecule has 1 fully saturated rings. The summed E-state index contributed by atoms with van der Waals surface area (Å²) < 4.78 is 0. The quantitative estimate of drug-likeness (QED) is 0.711. The molecule has 1 aliphatic carbocycles. The summed E-state index contributed by atoms with van der Waals surface area (Å²) >= 11 is 0. The Labute approximate surface area is 83.1 Å². The van der Waals surface area contributed by atoms with Crippen molar-refractivity contribution in [3.63, 3.8) is 0 Å². The van der Waals surface area contributed by atoms with Crippen molar-refractivity contribution in [2.24, 2.45) is 22.5 Å². The Morgan fingerprint density at radius 1 is 1.15 bits per heavy atom. The van der Waals surface area contributed by atoms with Gasteiger partial charge in [0.2, 0.25) is 0 Å². The van der Waals surface area contributed by atoms with Gasteiger partial charge in [-0.05, 0) is 23.2 Å². The highest BCUT2D eigenvalue weighted by atomic mass is 14.8. The van der Waals surface area contributed by atoms with E-state index in [1.54, 1.807) is 0 Å². The molecule has 0 amide bonds. The molecule has 0 saturated heterocycles. The van der Waals surface area contributed by atoms with Gasteiger partial charge in [0.05, 0.1) is 0 Å². The Balaban J connectivity index is 2.47. The van der Waals surface area contributed by atoms with Crippen molar-refractivity contribution in [1.29, 1.82) is 0 Å². The van der Waals surface area contributed by atoms with Gasteiger partial charge in [-0.1, -0.05) is 47.5 Å². The third kappa shape index (κ3) is 1.63. The van der Waals surface area contributed by atoms with Crippen LogP contribution in [0.4, 0.5) is 0 Å². The highest BCUT2D eigenvalue weighted by Gasteiger charge is 2.66. The van der Waals surface area contributed by atoms with Crippen molar-refractivity contribution in [3.8, 4) is 0 Å². The van der Waals surface area contributed by atoms with Gasteiger partial charge in [-0.3, -0.25) is 0 Å². The third-order valence-corrected chi connectivity index (χ3v) is 4.45. The maximum atomic E-state index is 6.22. The lowest BCUT2D eigenvalue weighted by molar-refractivity contribution is 0.445. The first-order valence-electron chi connectivity index (χ1n) is 5.61. The number of hydrogen-bond acceptors (Lipinski definition) is 1. The second kappa shape index (κ2) is 3.27. The summed E-state index contributed by atoms with van der Waals surface area (Å²) in [6, 6.07) is 0.421. The second-order valence-electron chi connectivity index (χ2n) is 5.73. The zero-order valence-corrected chi connectivity index (χ0v) is 9.85. The summed E-state index contributed by atoms with van der Waals surface area (Å²) in [6.07, 6.45) is 3.75. The molecule has 0 aromatic rings. The van der Waals surface area contributed by atoms with E-state index in [9.17, 15) is 0 Å². The van der Waals surface area contributed by atoms with Crippen molar-refractivity contribution < 1.29 is 0 Å². The first-order valence-corrected chi connectivity index (χ1v) is 5.61. The Bertz CT molecular complexity index is 168. The fourth-order valence-corrected chi connectivity index (χ4v) is 2.92. The molecule has 2 N–H and O–H groups in total. The normalized spacial score (nSPS) is 27.2. The summed E-state index contributed by atoms with van der Waals surface area (Å²) in [5.74, 6) is 0.728. The van der Waals surface area contributed by atoms with Gasteiger partial charge in [-0.25, -0.2) is 0 Å². The van der Waals surface area contributed by atoms with E-state index in [0.29, 0.717) is 16.9 Å². The maximum absolute atomic E-state index is 6.22. The molecule has 0 heterocycles. The molecule has 0 bridgehead atoms. The second-order valence-corrected chi connectivity index (χ2v) is 5.73. The molecule has 1 aliphatic rings. The van der Waals surface area contributed by atoms with Crippen molar-refractivity contribution >= 4 is 0 Å². The highest BCUT2D eigenvalue weighted by Crippen LogP contribution is 2.69. The minimum absolute atomic E-state index is 0.421. The van der Waals surface area contributed by atoms with E-state index in [1.807, 2.05) is 0 Å². The average Bonchev–Trinajstić information content (AvgIpc) is 2.39. The SMILES string of the molecule is CCCCC(N)C1C(C)(C)C1(C)C. The highest BCUT2D eigenvalue weighted by molar-refractivity contribution is 5.15. The van der Waals surface area contributed by atoms with Crippen LogP contribution in [-0.2, 0) is 0 Å². The molecule has 0 aromatic heterocycles. The van der Waals surface area contributed by atoms with Crippen LogP contribution in [0.15, 0.2) is 0 Å². The van der Waals surface area contributed by atoms with Crippen molar-refractivity contribution in [3.05, 3.63) is 0 Å². The van der Waals surface area contributed by atoms with E-state index >= 15 is 0 Å². The predicted molar refractivity (Wildman–Crippen MR) is 58.6 cm³/mol. The molecular formula is C12H25N. The fourth-order valence-electron chi connectivity index (χ4n) is 2.92. The lowest BCUT2D eigenvalue weighted by Gasteiger charge is -2.12. The molecule has 1 saturated carbocycles. The van der Waals surface area contributed by atoms with Crippen LogP contribution in [0, 0.1) is 16.7 Å². The van der Waals surface area contributed by atoms with Crippen LogP contribution in [0.5, 0.6) is 0 Å². The molecule has 1 atom stereocenters. The minimum atomic E-state index is 0.421. The van der Waals surface area contributed by atoms with Crippen LogP contribution in [0.25, 0.3) is 0 Å². The zero-order valence-electron chi connectivity index (χ0n) is 9.85. The molecule has 0 spiro atoms. The molecular weight excluding hydrogens is 158 g/mol. The molecule has 1 rings (SSSR count). The standard InChI is InChI=1S/C12H25N/c1-6-7-8-9(13)10-11(2,3)12(10,4)5/h9-10H,6-8,13H2,1-5H3. The van der Waals surface area contributed by atoms with E-state index in [4.69, 9.17) is 5.73 Å². The van der Waals surface area contributed by atoms with Gasteiger partial charge in [0.1, 0.15) is 0 Å². The smallest absolute Gasteiger partial charge is 0.00777 e. The van der Waals surface area contributed by atoms with E-state index in [0.717, 1.165) is 5.92 Å². The van der Waals surface area contributed by atoms with E-state index in [1.165, 1.54) is 19.3 Å². The van der Waals surface area contributed by atoms with E-state index in [-0.39, 0.29) is 0 Å². The Morgan fingerprint density at radius 2 is 1.62 bits per heavy atom. The number of unbranched alkanes of at least 4 members (excludes halogenated alkanes) is 1. The van der Waals surface area contributed by atoms with Gasteiger partial charge in [0.25, 0.3) is 0 Å². The number of rotatable bonds is 4. The molecule has 0 aromatic carbocycles. The molecule has 1 nitrogen and oxygen atoms in total. The van der Waals surface area contributed by atoms with Crippen LogP contribution in [0.1, 0.15) is 53.9 Å². The van der Waals surface area contributed by atoms with Gasteiger partial charge in [0.15, 0.2) is 0 Å². The first-order chi connectivity index (χ1) is 5.85. The first kappa shape index (κ1) is 11.0. The average molecular weight is 183 g/mol. The molecule has 0 radical (unpaired) electrons. The molecule has 1 heteroatoms. The van der Waals surface area contributed by atoms with E-state index in [2.05, 4.69) is 34.6 Å². The van der Waals surface area contributed by atoms with Gasteiger partial charge < -0.3 is 5.73 Å². The summed E-state index contributed by atoms with van der Waals surface area (Å²) in [6.45, 7) is 11.6. The fraction of sp³-hybridized carbons (Fsp3) is 1.00.